The molecule has 0 radical (unpaired) electrons. The van der Waals surface area contributed by atoms with Crippen molar-refractivity contribution in [2.75, 3.05) is 18.0 Å². The number of hydrogen-bond donors (Lipinski definition) is 1. The van der Waals surface area contributed by atoms with Crippen LogP contribution in [0.3, 0.4) is 0 Å². The van der Waals surface area contributed by atoms with Crippen molar-refractivity contribution in [2.45, 2.75) is 79.7 Å². The quantitative estimate of drug-likeness (QED) is 0.316. The number of hydrogen-bond acceptors (Lipinski definition) is 3. The predicted octanol–water partition coefficient (Wildman–Crippen LogP) is 8.18. The van der Waals surface area contributed by atoms with Gasteiger partial charge in [-0.2, -0.15) is 0 Å². The first kappa shape index (κ1) is 31.4. The molecule has 4 rings (SSSR count). The van der Waals surface area contributed by atoms with Crippen molar-refractivity contribution >= 4 is 29.0 Å². The summed E-state index contributed by atoms with van der Waals surface area (Å²) in [4.78, 5) is 27.7. The molecule has 2 fully saturated rings. The molecule has 2 atom stereocenters. The lowest BCUT2D eigenvalue weighted by Crippen LogP contribution is -2.56. The summed E-state index contributed by atoms with van der Waals surface area (Å²) in [6, 6.07) is 16.2. The Morgan fingerprint density at radius 2 is 1.61 bits per heavy atom. The van der Waals surface area contributed by atoms with Crippen molar-refractivity contribution in [1.29, 1.82) is 0 Å². The number of nitrogens with one attached hydrogen (secondary N) is 1. The van der Waals surface area contributed by atoms with Crippen molar-refractivity contribution in [2.24, 2.45) is 5.92 Å². The van der Waals surface area contributed by atoms with E-state index in [1.807, 2.05) is 71.9 Å². The normalized spacial score (nSPS) is 21.3. The summed E-state index contributed by atoms with van der Waals surface area (Å²) in [5, 5.41) is 4.04. The fourth-order valence-electron chi connectivity index (χ4n) is 4.86. The Labute approximate surface area is 235 Å². The van der Waals surface area contributed by atoms with E-state index in [1.165, 1.54) is 24.9 Å². The molecule has 1 N–H and O–H groups in total. The molecule has 0 saturated carbocycles. The Hall–Kier alpha value is -2.85. The second-order valence-corrected chi connectivity index (χ2v) is 10.5. The van der Waals surface area contributed by atoms with E-state index < -0.39 is 11.5 Å². The summed E-state index contributed by atoms with van der Waals surface area (Å²) >= 11 is 5.71. The highest BCUT2D eigenvalue weighted by molar-refractivity contribution is 6.31. The van der Waals surface area contributed by atoms with Crippen LogP contribution >= 0.6 is 11.6 Å². The summed E-state index contributed by atoms with van der Waals surface area (Å²) in [7, 11) is 0. The molecular formula is C33H45ClN2O2. The third kappa shape index (κ3) is 7.83. The summed E-state index contributed by atoms with van der Waals surface area (Å²) in [6.45, 7) is 15.9. The molecular weight excluding hydrogens is 492 g/mol. The summed E-state index contributed by atoms with van der Waals surface area (Å²) < 4.78 is 0. The third-order valence-corrected chi connectivity index (χ3v) is 7.48. The van der Waals surface area contributed by atoms with Crippen molar-refractivity contribution in [3.8, 4) is 0 Å². The number of amides is 1. The number of benzene rings is 2. The van der Waals surface area contributed by atoms with Crippen LogP contribution in [-0.4, -0.2) is 24.8 Å². The highest BCUT2D eigenvalue weighted by Gasteiger charge is 2.45. The number of carbonyl (C=O) groups is 2. The van der Waals surface area contributed by atoms with Crippen LogP contribution in [-0.2, 0) is 15.1 Å². The molecule has 2 aliphatic heterocycles. The van der Waals surface area contributed by atoms with Crippen molar-refractivity contribution in [3.63, 3.8) is 0 Å². The SMILES string of the molecule is C/C=C(\C=C(C)C)[C@@]1(c2ccc(N3CCCCC3)cc2)CC(=O)C(C)C(=O)N1.CC.Cc1ccccc1Cl. The van der Waals surface area contributed by atoms with Crippen molar-refractivity contribution in [3.05, 3.63) is 88.0 Å². The highest BCUT2D eigenvalue weighted by Crippen LogP contribution is 2.39. The Balaban J connectivity index is 0.000000428. The maximum Gasteiger partial charge on any atom is 0.231 e. The molecule has 0 bridgehead atoms. The Bertz CT molecular complexity index is 1080. The molecule has 2 aromatic carbocycles. The molecule has 38 heavy (non-hydrogen) atoms. The van der Waals surface area contributed by atoms with Gasteiger partial charge in [0.25, 0.3) is 0 Å². The number of rotatable bonds is 4. The molecule has 2 aliphatic rings. The average molecular weight is 537 g/mol. The topological polar surface area (TPSA) is 49.4 Å². The third-order valence-electron chi connectivity index (χ3n) is 7.06. The molecule has 4 nitrogen and oxygen atoms in total. The van der Waals surface area contributed by atoms with Crippen molar-refractivity contribution in [1.82, 2.24) is 5.32 Å². The number of nitrogens with zero attached hydrogens (tertiary/aromatic N) is 1. The summed E-state index contributed by atoms with van der Waals surface area (Å²) in [6.07, 6.45) is 8.13. The molecule has 206 valence electrons. The largest absolute Gasteiger partial charge is 0.372 e. The lowest BCUT2D eigenvalue weighted by atomic mass is 9.73. The minimum absolute atomic E-state index is 0.00892. The number of halogens is 1. The average Bonchev–Trinajstić information content (AvgIpc) is 2.93. The zero-order valence-corrected chi connectivity index (χ0v) is 25.0. The molecule has 2 aromatic rings. The zero-order valence-electron chi connectivity index (χ0n) is 24.2. The lowest BCUT2D eigenvalue weighted by Gasteiger charge is -2.41. The Kier molecular flexibility index (Phi) is 12.3. The second kappa shape index (κ2) is 14.9. The van der Waals surface area contributed by atoms with Gasteiger partial charge >= 0.3 is 0 Å². The molecule has 0 spiro atoms. The fourth-order valence-corrected chi connectivity index (χ4v) is 5.00. The molecule has 2 saturated heterocycles. The number of piperidine rings is 2. The van der Waals surface area contributed by atoms with Gasteiger partial charge in [-0.15, -0.1) is 0 Å². The molecule has 2 heterocycles. The molecule has 1 unspecified atom stereocenters. The van der Waals surface area contributed by atoms with E-state index in [2.05, 4.69) is 40.6 Å². The van der Waals surface area contributed by atoms with Crippen LogP contribution in [0.5, 0.6) is 0 Å². The van der Waals surface area contributed by atoms with Crippen LogP contribution in [0, 0.1) is 12.8 Å². The van der Waals surface area contributed by atoms with Gasteiger partial charge < -0.3 is 10.2 Å². The first-order valence-corrected chi connectivity index (χ1v) is 14.3. The van der Waals surface area contributed by atoms with Gasteiger partial charge in [0.1, 0.15) is 5.78 Å². The van der Waals surface area contributed by atoms with Gasteiger partial charge in [0.2, 0.25) is 5.91 Å². The van der Waals surface area contributed by atoms with E-state index in [9.17, 15) is 9.59 Å². The van der Waals surface area contributed by atoms with Gasteiger partial charge in [0.15, 0.2) is 0 Å². The maximum atomic E-state index is 12.7. The van der Waals surface area contributed by atoms with Gasteiger partial charge in [-0.1, -0.05) is 73.5 Å². The van der Waals surface area contributed by atoms with Gasteiger partial charge in [-0.3, -0.25) is 9.59 Å². The van der Waals surface area contributed by atoms with E-state index in [0.29, 0.717) is 0 Å². The minimum atomic E-state index is -0.798. The molecule has 5 heteroatoms. The van der Waals surface area contributed by atoms with Crippen LogP contribution in [0.2, 0.25) is 5.02 Å². The number of ketones is 1. The van der Waals surface area contributed by atoms with Crippen LogP contribution in [0.4, 0.5) is 5.69 Å². The predicted molar refractivity (Wildman–Crippen MR) is 162 cm³/mol. The Morgan fingerprint density at radius 1 is 1.00 bits per heavy atom. The first-order chi connectivity index (χ1) is 18.2. The zero-order chi connectivity index (χ0) is 28.3. The van der Waals surface area contributed by atoms with Crippen LogP contribution in [0.15, 0.2) is 71.8 Å². The standard InChI is InChI=1S/C24H32N2O2.C7H7Cl.C2H6/c1-5-19(15-17(2)3)24(16-22(27)18(4)23(28)25-24)20-9-11-21(12-10-20)26-13-7-6-8-14-26;1-6-4-2-3-5-7(6)8;1-2/h5,9-12,15,18H,6-8,13-14,16H2,1-4H3,(H,25,28);2-5H,1H3;1-2H3/b19-5+;;/t18?,24-;;/m1../s1. The monoisotopic (exact) mass is 536 g/mol. The van der Waals surface area contributed by atoms with E-state index in [4.69, 9.17) is 11.6 Å². The number of carbonyl (C=O) groups excluding carboxylic acids is 2. The van der Waals surface area contributed by atoms with E-state index >= 15 is 0 Å². The molecule has 1 amide bonds. The van der Waals surface area contributed by atoms with Gasteiger partial charge in [0.05, 0.1) is 11.5 Å². The van der Waals surface area contributed by atoms with E-state index in [1.54, 1.807) is 6.92 Å². The van der Waals surface area contributed by atoms with E-state index in [-0.39, 0.29) is 18.1 Å². The fraction of sp³-hybridized carbons (Fsp3) is 0.455. The van der Waals surface area contributed by atoms with Crippen molar-refractivity contribution < 1.29 is 9.59 Å². The number of anilines is 1. The van der Waals surface area contributed by atoms with Gasteiger partial charge in [-0.05, 0) is 88.8 Å². The van der Waals surface area contributed by atoms with Crippen LogP contribution < -0.4 is 10.2 Å². The molecule has 0 aromatic heterocycles. The van der Waals surface area contributed by atoms with Gasteiger partial charge in [0, 0.05) is 30.2 Å². The smallest absolute Gasteiger partial charge is 0.231 e. The number of allylic oxidation sites excluding steroid dienone is 2. The molecule has 0 aliphatic carbocycles. The van der Waals surface area contributed by atoms with Gasteiger partial charge in [-0.25, -0.2) is 0 Å². The second-order valence-electron chi connectivity index (χ2n) is 10.1. The number of Topliss-reactive ketones (excluding diaryl/α,β-unsaturated/α-hetero) is 1. The summed E-state index contributed by atoms with van der Waals surface area (Å²) in [5.74, 6) is -0.797. The maximum absolute atomic E-state index is 12.7. The summed E-state index contributed by atoms with van der Waals surface area (Å²) in [5.41, 5.74) is 4.61. The highest BCUT2D eigenvalue weighted by atomic mass is 35.5. The van der Waals surface area contributed by atoms with Crippen LogP contribution in [0.1, 0.15) is 78.4 Å². The number of aryl methyl sites for hydroxylation is 1. The first-order valence-electron chi connectivity index (χ1n) is 13.9. The lowest BCUT2D eigenvalue weighted by molar-refractivity contribution is -0.139. The van der Waals surface area contributed by atoms with E-state index in [0.717, 1.165) is 40.4 Å². The van der Waals surface area contributed by atoms with Crippen LogP contribution in [0.25, 0.3) is 0 Å². The minimum Gasteiger partial charge on any atom is -0.372 e. The Morgan fingerprint density at radius 3 is 2.08 bits per heavy atom.